The van der Waals surface area contributed by atoms with E-state index in [0.717, 1.165) is 19.5 Å². The zero-order valence-electron chi connectivity index (χ0n) is 10.4. The summed E-state index contributed by atoms with van der Waals surface area (Å²) in [6.07, 6.45) is 2.30. The third kappa shape index (κ3) is 3.75. The first kappa shape index (κ1) is 16.1. The zero-order chi connectivity index (χ0) is 12.4. The van der Waals surface area contributed by atoms with E-state index in [-0.39, 0.29) is 12.4 Å². The fourth-order valence-corrected chi connectivity index (χ4v) is 2.68. The first-order valence-electron chi connectivity index (χ1n) is 6.02. The van der Waals surface area contributed by atoms with Crippen molar-refractivity contribution in [2.24, 2.45) is 5.73 Å². The highest BCUT2D eigenvalue weighted by molar-refractivity contribution is 6.42. The van der Waals surface area contributed by atoms with Gasteiger partial charge in [0, 0.05) is 18.6 Å². The van der Waals surface area contributed by atoms with Crippen LogP contribution in [-0.4, -0.2) is 24.0 Å². The van der Waals surface area contributed by atoms with Crippen molar-refractivity contribution in [3.8, 4) is 0 Å². The van der Waals surface area contributed by atoms with Gasteiger partial charge in [-0.15, -0.1) is 12.4 Å². The molecule has 1 aromatic rings. The first-order chi connectivity index (χ1) is 8.08. The lowest BCUT2D eigenvalue weighted by molar-refractivity contribution is 0.159. The fraction of sp³-hybridized carbons (Fsp3) is 0.538. The Morgan fingerprint density at radius 3 is 2.67 bits per heavy atom. The molecule has 1 aromatic carbocycles. The smallest absolute Gasteiger partial charge is 0.0595 e. The number of likely N-dealkylation sites (tertiary alicyclic amines) is 1. The van der Waals surface area contributed by atoms with Crippen LogP contribution in [0.1, 0.15) is 31.4 Å². The number of nitrogens with two attached hydrogens (primary N) is 1. The molecule has 0 radical (unpaired) electrons. The van der Waals surface area contributed by atoms with Crippen LogP contribution in [-0.2, 0) is 0 Å². The van der Waals surface area contributed by atoms with E-state index in [0.29, 0.717) is 22.1 Å². The van der Waals surface area contributed by atoms with Crippen LogP contribution in [0.4, 0.5) is 0 Å². The van der Waals surface area contributed by atoms with Gasteiger partial charge in [0.25, 0.3) is 0 Å². The molecule has 1 aliphatic rings. The maximum atomic E-state index is 6.05. The lowest BCUT2D eigenvalue weighted by atomic mass is 10.0. The number of hydrogen-bond acceptors (Lipinski definition) is 2. The average molecular weight is 310 g/mol. The van der Waals surface area contributed by atoms with Gasteiger partial charge in [-0.3, -0.25) is 4.90 Å². The van der Waals surface area contributed by atoms with Crippen LogP contribution in [0.5, 0.6) is 0 Å². The van der Waals surface area contributed by atoms with Gasteiger partial charge in [-0.1, -0.05) is 29.3 Å². The van der Waals surface area contributed by atoms with Crippen LogP contribution in [0.25, 0.3) is 0 Å². The van der Waals surface area contributed by atoms with Gasteiger partial charge in [0.05, 0.1) is 10.0 Å². The first-order valence-corrected chi connectivity index (χ1v) is 6.78. The Labute approximate surface area is 125 Å². The van der Waals surface area contributed by atoms with Crippen molar-refractivity contribution in [2.45, 2.75) is 31.8 Å². The van der Waals surface area contributed by atoms with Gasteiger partial charge in [-0.25, -0.2) is 0 Å². The quantitative estimate of drug-likeness (QED) is 0.898. The number of hydrogen-bond donors (Lipinski definition) is 1. The minimum Gasteiger partial charge on any atom is -0.327 e. The van der Waals surface area contributed by atoms with Crippen molar-refractivity contribution in [1.82, 2.24) is 4.90 Å². The Morgan fingerprint density at radius 2 is 2.06 bits per heavy atom. The Kier molecular flexibility index (Phi) is 6.22. The predicted octanol–water partition coefficient (Wildman–Crippen LogP) is 3.90. The third-order valence-electron chi connectivity index (χ3n) is 3.46. The van der Waals surface area contributed by atoms with Crippen molar-refractivity contribution in [3.63, 3.8) is 0 Å². The number of halogens is 3. The van der Waals surface area contributed by atoms with E-state index in [4.69, 9.17) is 28.9 Å². The monoisotopic (exact) mass is 308 g/mol. The summed E-state index contributed by atoms with van der Waals surface area (Å²) in [5.41, 5.74) is 7.21. The molecule has 18 heavy (non-hydrogen) atoms. The van der Waals surface area contributed by atoms with Gasteiger partial charge >= 0.3 is 0 Å². The fourth-order valence-electron chi connectivity index (χ4n) is 2.38. The van der Waals surface area contributed by atoms with Gasteiger partial charge < -0.3 is 5.73 Å². The predicted molar refractivity (Wildman–Crippen MR) is 80.9 cm³/mol. The molecule has 1 fully saturated rings. The second-order valence-corrected chi connectivity index (χ2v) is 5.56. The van der Waals surface area contributed by atoms with Crippen molar-refractivity contribution in [1.29, 1.82) is 0 Å². The zero-order valence-corrected chi connectivity index (χ0v) is 12.7. The third-order valence-corrected chi connectivity index (χ3v) is 4.20. The minimum atomic E-state index is 0. The highest BCUT2D eigenvalue weighted by Gasteiger charge is 2.22. The molecule has 0 amide bonds. The summed E-state index contributed by atoms with van der Waals surface area (Å²) >= 11 is 12.0. The van der Waals surface area contributed by atoms with E-state index in [9.17, 15) is 0 Å². The minimum absolute atomic E-state index is 0. The summed E-state index contributed by atoms with van der Waals surface area (Å²) in [6, 6.07) is 6.50. The van der Waals surface area contributed by atoms with Crippen molar-refractivity contribution >= 4 is 35.6 Å². The molecular weight excluding hydrogens is 291 g/mol. The van der Waals surface area contributed by atoms with Crippen LogP contribution in [0.15, 0.2) is 18.2 Å². The standard InChI is InChI=1S/C13H18Cl2N2.ClH/c1-9(17-6-2-3-11(16)8-17)10-4-5-12(14)13(15)7-10;/h4-5,7,9,11H,2-3,6,8,16H2,1H3;1H. The Bertz CT molecular complexity index is 398. The molecule has 0 bridgehead atoms. The molecular formula is C13H19Cl3N2. The average Bonchev–Trinajstić information content (AvgIpc) is 2.32. The van der Waals surface area contributed by atoms with E-state index >= 15 is 0 Å². The largest absolute Gasteiger partial charge is 0.327 e. The number of benzene rings is 1. The molecule has 2 rings (SSSR count). The highest BCUT2D eigenvalue weighted by Crippen LogP contribution is 2.29. The molecule has 0 spiro atoms. The summed E-state index contributed by atoms with van der Waals surface area (Å²) in [5.74, 6) is 0. The number of piperidine rings is 1. The van der Waals surface area contributed by atoms with Crippen LogP contribution in [0.3, 0.4) is 0 Å². The second-order valence-electron chi connectivity index (χ2n) is 4.75. The van der Waals surface area contributed by atoms with Crippen molar-refractivity contribution in [2.75, 3.05) is 13.1 Å². The molecule has 0 aliphatic carbocycles. The second kappa shape index (κ2) is 6.97. The molecule has 0 aromatic heterocycles. The molecule has 1 saturated heterocycles. The van der Waals surface area contributed by atoms with Gasteiger partial charge in [0.1, 0.15) is 0 Å². The van der Waals surface area contributed by atoms with Crippen molar-refractivity contribution in [3.05, 3.63) is 33.8 Å². The lowest BCUT2D eigenvalue weighted by Crippen LogP contribution is -2.43. The Morgan fingerprint density at radius 1 is 1.33 bits per heavy atom. The van der Waals surface area contributed by atoms with Crippen LogP contribution in [0.2, 0.25) is 10.0 Å². The van der Waals surface area contributed by atoms with Gasteiger partial charge in [-0.2, -0.15) is 0 Å². The lowest BCUT2D eigenvalue weighted by Gasteiger charge is -2.35. The normalized spacial score (nSPS) is 22.3. The molecule has 5 heteroatoms. The molecule has 2 N–H and O–H groups in total. The van der Waals surface area contributed by atoms with Crippen molar-refractivity contribution < 1.29 is 0 Å². The highest BCUT2D eigenvalue weighted by atomic mass is 35.5. The molecule has 2 unspecified atom stereocenters. The Hall–Kier alpha value is 0.01000. The molecule has 2 atom stereocenters. The topological polar surface area (TPSA) is 29.3 Å². The van der Waals surface area contributed by atoms with E-state index in [1.807, 2.05) is 18.2 Å². The van der Waals surface area contributed by atoms with Crippen LogP contribution < -0.4 is 5.73 Å². The molecule has 1 aliphatic heterocycles. The SMILES string of the molecule is CC(c1ccc(Cl)c(Cl)c1)N1CCCC(N)C1.Cl. The number of rotatable bonds is 2. The summed E-state index contributed by atoms with van der Waals surface area (Å²) in [5, 5.41) is 1.23. The van der Waals surface area contributed by atoms with Gasteiger partial charge in [0.15, 0.2) is 0 Å². The number of nitrogens with zero attached hydrogens (tertiary/aromatic N) is 1. The molecule has 102 valence electrons. The van der Waals surface area contributed by atoms with E-state index in [1.165, 1.54) is 12.0 Å². The maximum absolute atomic E-state index is 6.05. The van der Waals surface area contributed by atoms with Gasteiger partial charge in [-0.05, 0) is 44.0 Å². The van der Waals surface area contributed by atoms with E-state index in [2.05, 4.69) is 11.8 Å². The molecule has 0 saturated carbocycles. The summed E-state index contributed by atoms with van der Waals surface area (Å²) in [4.78, 5) is 2.41. The summed E-state index contributed by atoms with van der Waals surface area (Å²) in [6.45, 7) is 4.26. The summed E-state index contributed by atoms with van der Waals surface area (Å²) < 4.78 is 0. The molecule has 1 heterocycles. The van der Waals surface area contributed by atoms with E-state index < -0.39 is 0 Å². The maximum Gasteiger partial charge on any atom is 0.0595 e. The Balaban J connectivity index is 0.00000162. The molecule has 2 nitrogen and oxygen atoms in total. The van der Waals surface area contributed by atoms with Crippen LogP contribution in [0, 0.1) is 0 Å². The summed E-state index contributed by atoms with van der Waals surface area (Å²) in [7, 11) is 0. The van der Waals surface area contributed by atoms with Crippen LogP contribution >= 0.6 is 35.6 Å². The van der Waals surface area contributed by atoms with E-state index in [1.54, 1.807) is 0 Å². The van der Waals surface area contributed by atoms with Gasteiger partial charge in [0.2, 0.25) is 0 Å².